The molecule has 3 rings (SSSR count). The van der Waals surface area contributed by atoms with Gasteiger partial charge in [0.2, 0.25) is 0 Å². The van der Waals surface area contributed by atoms with Gasteiger partial charge in [0.25, 0.3) is 11.5 Å². The van der Waals surface area contributed by atoms with Crippen molar-refractivity contribution in [1.82, 2.24) is 9.97 Å². The normalized spacial score (nSPS) is 10.7. The molecule has 0 fully saturated rings. The van der Waals surface area contributed by atoms with Crippen molar-refractivity contribution in [2.45, 2.75) is 6.92 Å². The third kappa shape index (κ3) is 2.33. The van der Waals surface area contributed by atoms with Crippen molar-refractivity contribution >= 4 is 33.1 Å². The molecule has 1 amide bonds. The van der Waals surface area contributed by atoms with Crippen LogP contribution in [0.5, 0.6) is 0 Å². The van der Waals surface area contributed by atoms with E-state index in [4.69, 9.17) is 0 Å². The maximum Gasteiger partial charge on any atom is 0.273 e. The number of aromatic nitrogens is 2. The second-order valence-corrected chi connectivity index (χ2v) is 5.21. The van der Waals surface area contributed by atoms with Gasteiger partial charge in [-0.2, -0.15) is 0 Å². The number of benzene rings is 1. The topological polar surface area (TPSA) is 74.8 Å². The fourth-order valence-electron chi connectivity index (χ4n) is 1.91. The molecule has 0 aliphatic rings. The van der Waals surface area contributed by atoms with Crippen LogP contribution in [0, 0.1) is 6.92 Å². The number of thiazole rings is 1. The Bertz CT molecular complexity index is 851. The van der Waals surface area contributed by atoms with Crippen LogP contribution in [-0.2, 0) is 0 Å². The highest BCUT2D eigenvalue weighted by Crippen LogP contribution is 2.16. The first kappa shape index (κ1) is 12.6. The molecule has 2 N–H and O–H groups in total. The highest BCUT2D eigenvalue weighted by molar-refractivity contribution is 7.13. The average Bonchev–Trinajstić information content (AvgIpc) is 2.84. The predicted molar refractivity (Wildman–Crippen MR) is 79.4 cm³/mol. The van der Waals surface area contributed by atoms with Crippen LogP contribution in [0.1, 0.15) is 16.2 Å². The Hall–Kier alpha value is -2.47. The number of hydrogen-bond acceptors (Lipinski definition) is 4. The lowest BCUT2D eigenvalue weighted by atomic mass is 10.1. The fourth-order valence-corrected chi connectivity index (χ4v) is 2.59. The average molecular weight is 285 g/mol. The minimum atomic E-state index is -0.373. The van der Waals surface area contributed by atoms with Crippen molar-refractivity contribution in [2.24, 2.45) is 0 Å². The summed E-state index contributed by atoms with van der Waals surface area (Å²) in [5, 5.41) is 6.33. The third-order valence-corrected chi connectivity index (χ3v) is 3.71. The number of rotatable bonds is 2. The van der Waals surface area contributed by atoms with Gasteiger partial charge in [0, 0.05) is 10.8 Å². The van der Waals surface area contributed by atoms with Crippen LogP contribution in [0.3, 0.4) is 0 Å². The highest BCUT2D eigenvalue weighted by atomic mass is 32.1. The van der Waals surface area contributed by atoms with E-state index in [1.807, 2.05) is 18.4 Å². The second kappa shape index (κ2) is 4.90. The summed E-state index contributed by atoms with van der Waals surface area (Å²) in [4.78, 5) is 30.8. The Morgan fingerprint density at radius 2 is 2.15 bits per heavy atom. The van der Waals surface area contributed by atoms with Crippen LogP contribution < -0.4 is 10.9 Å². The Morgan fingerprint density at radius 3 is 2.90 bits per heavy atom. The van der Waals surface area contributed by atoms with Crippen molar-refractivity contribution in [2.75, 3.05) is 5.32 Å². The number of amides is 1. The molecular formula is C14H11N3O2S. The largest absolute Gasteiger partial charge is 0.317 e. The van der Waals surface area contributed by atoms with Crippen molar-refractivity contribution in [3.63, 3.8) is 0 Å². The number of nitrogens with zero attached hydrogens (tertiary/aromatic N) is 1. The minimum absolute atomic E-state index is 0.224. The van der Waals surface area contributed by atoms with Gasteiger partial charge in [-0.15, -0.1) is 11.3 Å². The molecule has 2 heterocycles. The first-order valence-electron chi connectivity index (χ1n) is 5.99. The van der Waals surface area contributed by atoms with E-state index in [0.717, 1.165) is 11.1 Å². The molecule has 0 saturated carbocycles. The zero-order chi connectivity index (χ0) is 14.1. The highest BCUT2D eigenvalue weighted by Gasteiger charge is 2.11. The van der Waals surface area contributed by atoms with Gasteiger partial charge >= 0.3 is 0 Å². The zero-order valence-corrected chi connectivity index (χ0v) is 11.5. The van der Waals surface area contributed by atoms with Crippen molar-refractivity contribution in [3.05, 3.63) is 57.5 Å². The van der Waals surface area contributed by atoms with Gasteiger partial charge in [-0.25, -0.2) is 4.98 Å². The van der Waals surface area contributed by atoms with Crippen molar-refractivity contribution in [1.29, 1.82) is 0 Å². The molecule has 2 aromatic heterocycles. The summed E-state index contributed by atoms with van der Waals surface area (Å²) >= 11 is 1.35. The van der Waals surface area contributed by atoms with Crippen LogP contribution in [0.15, 0.2) is 40.5 Å². The molecular weight excluding hydrogens is 274 g/mol. The maximum absolute atomic E-state index is 12.1. The van der Waals surface area contributed by atoms with Crippen molar-refractivity contribution in [3.8, 4) is 0 Å². The number of H-pyrrole nitrogens is 1. The Labute approximate surface area is 118 Å². The van der Waals surface area contributed by atoms with Crippen LogP contribution in [0.4, 0.5) is 5.13 Å². The summed E-state index contributed by atoms with van der Waals surface area (Å²) in [5.74, 6) is -0.373. The molecule has 0 radical (unpaired) electrons. The van der Waals surface area contributed by atoms with Crippen LogP contribution in [-0.4, -0.2) is 15.9 Å². The summed E-state index contributed by atoms with van der Waals surface area (Å²) in [7, 11) is 0. The molecule has 0 saturated heterocycles. The van der Waals surface area contributed by atoms with E-state index in [9.17, 15) is 9.59 Å². The fraction of sp³-hybridized carbons (Fsp3) is 0.0714. The molecule has 6 heteroatoms. The predicted octanol–water partition coefficient (Wildman–Crippen LogP) is 2.55. The molecule has 100 valence electrons. The molecule has 20 heavy (non-hydrogen) atoms. The first-order valence-corrected chi connectivity index (χ1v) is 6.87. The molecule has 5 nitrogen and oxygen atoms in total. The molecule has 0 spiro atoms. The van der Waals surface area contributed by atoms with E-state index in [0.29, 0.717) is 10.5 Å². The van der Waals surface area contributed by atoms with Gasteiger partial charge in [0.1, 0.15) is 5.69 Å². The molecule has 0 unspecified atom stereocenters. The molecule has 0 atom stereocenters. The van der Waals surface area contributed by atoms with Crippen LogP contribution >= 0.6 is 11.3 Å². The quantitative estimate of drug-likeness (QED) is 0.759. The lowest BCUT2D eigenvalue weighted by Crippen LogP contribution is -2.18. The summed E-state index contributed by atoms with van der Waals surface area (Å²) < 4.78 is 0. The van der Waals surface area contributed by atoms with Gasteiger partial charge in [0.05, 0.1) is 5.69 Å². The Kier molecular flexibility index (Phi) is 3.08. The second-order valence-electron chi connectivity index (χ2n) is 4.35. The Balaban J connectivity index is 1.97. The number of aryl methyl sites for hydroxylation is 1. The summed E-state index contributed by atoms with van der Waals surface area (Å²) in [5.41, 5.74) is 0.794. The lowest BCUT2D eigenvalue weighted by molar-refractivity contribution is 0.102. The SMILES string of the molecule is Cc1csc(NC(=O)c2cc3ccccc3c(=O)[nH]2)n1. The molecule has 0 aliphatic carbocycles. The van der Waals surface area contributed by atoms with Gasteiger partial charge < -0.3 is 4.98 Å². The minimum Gasteiger partial charge on any atom is -0.317 e. The number of carbonyl (C=O) groups excluding carboxylic acids is 1. The van der Waals surface area contributed by atoms with E-state index < -0.39 is 0 Å². The smallest absolute Gasteiger partial charge is 0.273 e. The monoisotopic (exact) mass is 285 g/mol. The number of fused-ring (bicyclic) bond motifs is 1. The van der Waals surface area contributed by atoms with Crippen LogP contribution in [0.25, 0.3) is 10.8 Å². The lowest BCUT2D eigenvalue weighted by Gasteiger charge is -2.03. The molecule has 0 bridgehead atoms. The first-order chi connectivity index (χ1) is 9.63. The number of anilines is 1. The maximum atomic E-state index is 12.1. The zero-order valence-electron chi connectivity index (χ0n) is 10.6. The third-order valence-electron chi connectivity index (χ3n) is 2.84. The number of hydrogen-bond donors (Lipinski definition) is 2. The van der Waals surface area contributed by atoms with E-state index in [1.165, 1.54) is 11.3 Å². The van der Waals surface area contributed by atoms with Crippen molar-refractivity contribution < 1.29 is 4.79 Å². The number of aromatic amines is 1. The number of pyridine rings is 1. The van der Waals surface area contributed by atoms with Crippen LogP contribution in [0.2, 0.25) is 0 Å². The summed E-state index contributed by atoms with van der Waals surface area (Å²) in [6.07, 6.45) is 0. The van der Waals surface area contributed by atoms with Gasteiger partial charge in [0.15, 0.2) is 5.13 Å². The molecule has 0 aliphatic heterocycles. The standard InChI is InChI=1S/C14H11N3O2S/c1-8-7-20-14(15-8)17-13(19)11-6-9-4-2-3-5-10(9)12(18)16-11/h2-7H,1H3,(H,16,18)(H,15,17,19). The van der Waals surface area contributed by atoms with Gasteiger partial charge in [-0.05, 0) is 24.4 Å². The number of carbonyl (C=O) groups is 1. The molecule has 1 aromatic carbocycles. The van der Waals surface area contributed by atoms with E-state index in [1.54, 1.807) is 24.3 Å². The van der Waals surface area contributed by atoms with Gasteiger partial charge in [-0.1, -0.05) is 18.2 Å². The number of nitrogens with one attached hydrogen (secondary N) is 2. The Morgan fingerprint density at radius 1 is 1.35 bits per heavy atom. The van der Waals surface area contributed by atoms with E-state index >= 15 is 0 Å². The molecule has 3 aromatic rings. The van der Waals surface area contributed by atoms with Gasteiger partial charge in [-0.3, -0.25) is 14.9 Å². The summed E-state index contributed by atoms with van der Waals surface area (Å²) in [6, 6.07) is 8.80. The summed E-state index contributed by atoms with van der Waals surface area (Å²) in [6.45, 7) is 1.85. The van der Waals surface area contributed by atoms with E-state index in [-0.39, 0.29) is 17.2 Å². The van der Waals surface area contributed by atoms with E-state index in [2.05, 4.69) is 15.3 Å².